The van der Waals surface area contributed by atoms with Gasteiger partial charge in [-0.25, -0.2) is 9.18 Å². The van der Waals surface area contributed by atoms with Crippen LogP contribution in [0.1, 0.15) is 22.8 Å². The quantitative estimate of drug-likeness (QED) is 0.578. The largest absolute Gasteiger partial charge is 0.496 e. The molecule has 0 bridgehead atoms. The summed E-state index contributed by atoms with van der Waals surface area (Å²) in [5.74, 6) is -1.62. The molecule has 6 nitrogen and oxygen atoms in total. The molecule has 0 saturated carbocycles. The molecular weight excluding hydrogens is 419 g/mol. The number of rotatable bonds is 5. The van der Waals surface area contributed by atoms with E-state index in [0.717, 1.165) is 17.0 Å². The number of methoxy groups -OCH3 is 1. The molecule has 1 aliphatic heterocycles. The van der Waals surface area contributed by atoms with Crippen LogP contribution in [0, 0.1) is 5.82 Å². The van der Waals surface area contributed by atoms with Crippen molar-refractivity contribution in [3.05, 3.63) is 63.9 Å². The first-order valence-corrected chi connectivity index (χ1v) is 8.83. The maximum Gasteiger partial charge on any atom is 0.325 e. The molecule has 1 saturated heterocycles. The van der Waals surface area contributed by atoms with Gasteiger partial charge >= 0.3 is 6.03 Å². The number of imide groups is 1. The van der Waals surface area contributed by atoms with Gasteiger partial charge in [-0.05, 0) is 31.2 Å². The second-order valence-electron chi connectivity index (χ2n) is 6.19. The van der Waals surface area contributed by atoms with Crippen LogP contribution >= 0.6 is 15.9 Å². The molecule has 27 heavy (non-hydrogen) atoms. The van der Waals surface area contributed by atoms with Crippen LogP contribution in [0.2, 0.25) is 0 Å². The van der Waals surface area contributed by atoms with Crippen molar-refractivity contribution in [2.24, 2.45) is 0 Å². The summed E-state index contributed by atoms with van der Waals surface area (Å²) in [4.78, 5) is 38.8. The number of benzene rings is 2. The average molecular weight is 435 g/mol. The Labute approximate surface area is 163 Å². The molecule has 1 N–H and O–H groups in total. The van der Waals surface area contributed by atoms with E-state index in [9.17, 15) is 18.8 Å². The number of urea groups is 1. The van der Waals surface area contributed by atoms with Gasteiger partial charge in [0.15, 0.2) is 5.78 Å². The monoisotopic (exact) mass is 434 g/mol. The topological polar surface area (TPSA) is 75.7 Å². The number of Topliss-reactive ketones (excluding diaryl/α,β-unsaturated/α-hetero) is 1. The lowest BCUT2D eigenvalue weighted by Gasteiger charge is -2.23. The fourth-order valence-electron chi connectivity index (χ4n) is 3.02. The van der Waals surface area contributed by atoms with Gasteiger partial charge in [0.2, 0.25) is 0 Å². The third kappa shape index (κ3) is 3.32. The molecule has 2 aromatic rings. The summed E-state index contributed by atoms with van der Waals surface area (Å²) in [6.45, 7) is 1.05. The number of hydrogen-bond acceptors (Lipinski definition) is 4. The molecule has 0 aliphatic carbocycles. The van der Waals surface area contributed by atoms with Crippen LogP contribution in [0.5, 0.6) is 5.75 Å². The van der Waals surface area contributed by atoms with Gasteiger partial charge < -0.3 is 10.1 Å². The molecule has 0 aromatic heterocycles. The first-order chi connectivity index (χ1) is 12.8. The number of hydrogen-bond donors (Lipinski definition) is 1. The van der Waals surface area contributed by atoms with Crippen LogP contribution in [0.25, 0.3) is 0 Å². The summed E-state index contributed by atoms with van der Waals surface area (Å²) in [6, 6.07) is 9.81. The lowest BCUT2D eigenvalue weighted by atomic mass is 9.92. The van der Waals surface area contributed by atoms with Crippen molar-refractivity contribution >= 4 is 33.7 Å². The van der Waals surface area contributed by atoms with E-state index in [1.54, 1.807) is 31.2 Å². The predicted octanol–water partition coefficient (Wildman–Crippen LogP) is 3.25. The molecule has 140 valence electrons. The molecule has 1 heterocycles. The van der Waals surface area contributed by atoms with Crippen molar-refractivity contribution in [3.8, 4) is 5.75 Å². The molecular formula is C19H16BrFN2O4. The van der Waals surface area contributed by atoms with Gasteiger partial charge in [-0.15, -0.1) is 0 Å². The molecule has 8 heteroatoms. The first kappa shape index (κ1) is 19.0. The van der Waals surface area contributed by atoms with Crippen molar-refractivity contribution in [2.45, 2.75) is 12.5 Å². The molecule has 2 aromatic carbocycles. The SMILES string of the molecule is COc1ccc(F)cc1C(=O)CN1C(=O)N[C@@](C)(c2ccccc2Br)C1=O. The number of ether oxygens (including phenoxy) is 1. The van der Waals surface area contributed by atoms with Gasteiger partial charge in [-0.2, -0.15) is 0 Å². The summed E-state index contributed by atoms with van der Waals surface area (Å²) in [6.07, 6.45) is 0. The number of ketones is 1. The highest BCUT2D eigenvalue weighted by Gasteiger charge is 2.50. The summed E-state index contributed by atoms with van der Waals surface area (Å²) >= 11 is 3.38. The Morgan fingerprint density at radius 1 is 1.26 bits per heavy atom. The zero-order valence-corrected chi connectivity index (χ0v) is 16.2. The molecule has 0 unspecified atom stereocenters. The van der Waals surface area contributed by atoms with Gasteiger partial charge in [0, 0.05) is 10.0 Å². The highest BCUT2D eigenvalue weighted by molar-refractivity contribution is 9.10. The number of nitrogens with zero attached hydrogens (tertiary/aromatic N) is 1. The van der Waals surface area contributed by atoms with Gasteiger partial charge in [-0.1, -0.05) is 34.1 Å². The zero-order valence-electron chi connectivity index (χ0n) is 14.6. The molecule has 1 atom stereocenters. The van der Waals surface area contributed by atoms with E-state index in [-0.39, 0.29) is 11.3 Å². The van der Waals surface area contributed by atoms with E-state index in [4.69, 9.17) is 4.74 Å². The third-order valence-electron chi connectivity index (χ3n) is 4.45. The summed E-state index contributed by atoms with van der Waals surface area (Å²) in [7, 11) is 1.35. The van der Waals surface area contributed by atoms with Crippen LogP contribution in [0.4, 0.5) is 9.18 Å². The van der Waals surface area contributed by atoms with E-state index in [1.807, 2.05) is 0 Å². The fourth-order valence-corrected chi connectivity index (χ4v) is 3.70. The second-order valence-corrected chi connectivity index (χ2v) is 7.05. The van der Waals surface area contributed by atoms with E-state index in [0.29, 0.717) is 10.0 Å². The standard InChI is InChI=1S/C19H16BrFN2O4/c1-19(13-5-3-4-6-14(13)20)17(25)23(18(26)22-19)10-15(24)12-9-11(21)7-8-16(12)27-2/h3-9H,10H2,1-2H3,(H,22,26)/t19-/m0/s1. The number of carbonyl (C=O) groups is 3. The van der Waals surface area contributed by atoms with Crippen LogP contribution in [-0.4, -0.2) is 36.3 Å². The zero-order chi connectivity index (χ0) is 19.8. The van der Waals surface area contributed by atoms with Crippen LogP contribution < -0.4 is 10.1 Å². The van der Waals surface area contributed by atoms with Crippen LogP contribution in [0.3, 0.4) is 0 Å². The fraction of sp³-hybridized carbons (Fsp3) is 0.211. The van der Waals surface area contributed by atoms with Crippen molar-refractivity contribution in [1.29, 1.82) is 0 Å². The maximum absolute atomic E-state index is 13.5. The Morgan fingerprint density at radius 3 is 2.63 bits per heavy atom. The predicted molar refractivity (Wildman–Crippen MR) is 99.0 cm³/mol. The molecule has 1 aliphatic rings. The Balaban J connectivity index is 1.90. The summed E-state index contributed by atoms with van der Waals surface area (Å²) in [5, 5.41) is 2.63. The number of carbonyl (C=O) groups excluding carboxylic acids is 3. The Hall–Kier alpha value is -2.74. The minimum Gasteiger partial charge on any atom is -0.496 e. The van der Waals surface area contributed by atoms with Crippen molar-refractivity contribution in [2.75, 3.05) is 13.7 Å². The van der Waals surface area contributed by atoms with Gasteiger partial charge in [0.05, 0.1) is 19.2 Å². The highest BCUT2D eigenvalue weighted by Crippen LogP contribution is 2.33. The second kappa shape index (κ2) is 7.11. The molecule has 3 rings (SSSR count). The van der Waals surface area contributed by atoms with Gasteiger partial charge in [0.1, 0.15) is 17.1 Å². The minimum absolute atomic E-state index is 0.0346. The number of halogens is 2. The third-order valence-corrected chi connectivity index (χ3v) is 5.14. The van der Waals surface area contributed by atoms with E-state index in [1.165, 1.54) is 13.2 Å². The van der Waals surface area contributed by atoms with Crippen molar-refractivity contribution in [3.63, 3.8) is 0 Å². The summed E-state index contributed by atoms with van der Waals surface area (Å²) < 4.78 is 19.2. The number of amides is 3. The molecule has 0 radical (unpaired) electrons. The van der Waals surface area contributed by atoms with E-state index >= 15 is 0 Å². The highest BCUT2D eigenvalue weighted by atomic mass is 79.9. The minimum atomic E-state index is -1.32. The lowest BCUT2D eigenvalue weighted by Crippen LogP contribution is -2.41. The maximum atomic E-state index is 13.5. The smallest absolute Gasteiger partial charge is 0.325 e. The Bertz CT molecular complexity index is 949. The average Bonchev–Trinajstić information content (AvgIpc) is 2.85. The van der Waals surface area contributed by atoms with Gasteiger partial charge in [0.25, 0.3) is 5.91 Å². The first-order valence-electron chi connectivity index (χ1n) is 8.04. The van der Waals surface area contributed by atoms with Gasteiger partial charge in [-0.3, -0.25) is 14.5 Å². The molecule has 3 amide bonds. The van der Waals surface area contributed by atoms with Crippen LogP contribution in [-0.2, 0) is 10.3 Å². The molecule has 1 fully saturated rings. The lowest BCUT2D eigenvalue weighted by molar-refractivity contribution is -0.130. The summed E-state index contributed by atoms with van der Waals surface area (Å²) in [5.41, 5.74) is -0.780. The van der Waals surface area contributed by atoms with Crippen LogP contribution in [0.15, 0.2) is 46.9 Å². The van der Waals surface area contributed by atoms with E-state index in [2.05, 4.69) is 21.2 Å². The number of nitrogens with one attached hydrogen (secondary N) is 1. The molecule has 0 spiro atoms. The van der Waals surface area contributed by atoms with Crippen molar-refractivity contribution in [1.82, 2.24) is 10.2 Å². The Kier molecular flexibility index (Phi) is 5.01. The van der Waals surface area contributed by atoms with E-state index < -0.39 is 35.6 Å². The van der Waals surface area contributed by atoms with Crippen molar-refractivity contribution < 1.29 is 23.5 Å². The normalized spacial score (nSPS) is 19.2. The Morgan fingerprint density at radius 2 is 1.96 bits per heavy atom.